The second kappa shape index (κ2) is 7.41. The highest BCUT2D eigenvalue weighted by atomic mass is 32.2. The van der Waals surface area contributed by atoms with Crippen LogP contribution in [0.3, 0.4) is 0 Å². The van der Waals surface area contributed by atoms with E-state index in [0.29, 0.717) is 33.7 Å². The van der Waals surface area contributed by atoms with Gasteiger partial charge < -0.3 is 9.84 Å². The Morgan fingerprint density at radius 1 is 1.21 bits per heavy atom. The summed E-state index contributed by atoms with van der Waals surface area (Å²) in [6.45, 7) is 3.34. The number of nitrogens with zero attached hydrogens (tertiary/aromatic N) is 2. The van der Waals surface area contributed by atoms with Crippen LogP contribution in [0.4, 0.5) is 5.69 Å². The van der Waals surface area contributed by atoms with Crippen molar-refractivity contribution in [3.63, 3.8) is 0 Å². The molecule has 1 amide bonds. The average molecular weight is 428 g/mol. The van der Waals surface area contributed by atoms with E-state index in [1.165, 1.54) is 23.5 Å². The fraction of sp³-hybridized carbons (Fsp3) is 0.150. The molecule has 0 aliphatic rings. The molecule has 0 unspecified atom stereocenters. The summed E-state index contributed by atoms with van der Waals surface area (Å²) in [7, 11) is -3.29. The number of anilines is 1. The van der Waals surface area contributed by atoms with Gasteiger partial charge in [-0.25, -0.2) is 13.4 Å². The fourth-order valence-electron chi connectivity index (χ4n) is 2.94. The van der Waals surface area contributed by atoms with E-state index >= 15 is 0 Å². The zero-order valence-corrected chi connectivity index (χ0v) is 17.3. The number of amides is 1. The van der Waals surface area contributed by atoms with Crippen LogP contribution in [0.2, 0.25) is 0 Å². The minimum absolute atomic E-state index is 0.0198. The Balaban J connectivity index is 1.70. The topological polar surface area (TPSA) is 102 Å². The number of thiophene rings is 1. The van der Waals surface area contributed by atoms with E-state index in [1.54, 1.807) is 32.0 Å². The van der Waals surface area contributed by atoms with E-state index in [4.69, 9.17) is 4.52 Å². The summed E-state index contributed by atoms with van der Waals surface area (Å²) in [4.78, 5) is 18.6. The van der Waals surface area contributed by atoms with Gasteiger partial charge in [-0.1, -0.05) is 18.1 Å². The van der Waals surface area contributed by atoms with E-state index in [1.807, 2.05) is 17.5 Å². The molecular weight excluding hydrogens is 410 g/mol. The van der Waals surface area contributed by atoms with Gasteiger partial charge in [0.15, 0.2) is 9.84 Å². The lowest BCUT2D eigenvalue weighted by molar-refractivity contribution is 0.102. The lowest BCUT2D eigenvalue weighted by atomic mass is 10.1. The van der Waals surface area contributed by atoms with Crippen LogP contribution in [0, 0.1) is 6.92 Å². The van der Waals surface area contributed by atoms with Crippen LogP contribution in [0.25, 0.3) is 21.7 Å². The van der Waals surface area contributed by atoms with Gasteiger partial charge >= 0.3 is 0 Å². The molecule has 0 radical (unpaired) electrons. The molecule has 0 saturated heterocycles. The molecule has 1 N–H and O–H groups in total. The Morgan fingerprint density at radius 3 is 2.62 bits per heavy atom. The Labute approximate surface area is 171 Å². The number of carbonyl (C=O) groups excluding carboxylic acids is 1. The number of sulfone groups is 1. The van der Waals surface area contributed by atoms with Crippen molar-refractivity contribution in [2.45, 2.75) is 18.7 Å². The van der Waals surface area contributed by atoms with Crippen molar-refractivity contribution < 1.29 is 17.7 Å². The molecule has 3 heterocycles. The standard InChI is InChI=1S/C20H17N3O4S2/c1-3-29(25,26)14-8-6-13(7-9-14)21-19(24)15-11-16(17-5-4-10-28-17)22-20-18(15)12(2)23-27-20/h4-11H,3H2,1-2H3,(H,21,24). The van der Waals surface area contributed by atoms with Gasteiger partial charge in [0.25, 0.3) is 11.6 Å². The molecule has 1 aromatic carbocycles. The molecule has 7 nitrogen and oxygen atoms in total. The molecule has 4 aromatic rings. The highest BCUT2D eigenvalue weighted by Gasteiger charge is 2.20. The molecular formula is C20H17N3O4S2. The number of carbonyl (C=O) groups is 1. The van der Waals surface area contributed by atoms with Gasteiger partial charge in [0.05, 0.1) is 37.9 Å². The van der Waals surface area contributed by atoms with Crippen molar-refractivity contribution >= 4 is 43.9 Å². The van der Waals surface area contributed by atoms with Crippen LogP contribution in [-0.4, -0.2) is 30.2 Å². The van der Waals surface area contributed by atoms with Crippen LogP contribution >= 0.6 is 11.3 Å². The van der Waals surface area contributed by atoms with Gasteiger partial charge in [0.2, 0.25) is 0 Å². The van der Waals surface area contributed by atoms with Gasteiger partial charge in [-0.15, -0.1) is 11.3 Å². The Morgan fingerprint density at radius 2 is 1.97 bits per heavy atom. The largest absolute Gasteiger partial charge is 0.335 e. The maximum absolute atomic E-state index is 13.0. The number of hydrogen-bond donors (Lipinski definition) is 1. The Bertz CT molecular complexity index is 1290. The van der Waals surface area contributed by atoms with E-state index in [-0.39, 0.29) is 16.6 Å². The second-order valence-electron chi connectivity index (χ2n) is 6.36. The summed E-state index contributed by atoms with van der Waals surface area (Å²) < 4.78 is 29.2. The van der Waals surface area contributed by atoms with Gasteiger partial charge in [-0.3, -0.25) is 4.79 Å². The minimum atomic E-state index is -3.29. The van der Waals surface area contributed by atoms with Crippen molar-refractivity contribution in [2.75, 3.05) is 11.1 Å². The average Bonchev–Trinajstić information content (AvgIpc) is 3.38. The first kappa shape index (κ1) is 19.3. The molecule has 0 aliphatic heterocycles. The first-order valence-corrected chi connectivity index (χ1v) is 11.4. The SMILES string of the molecule is CCS(=O)(=O)c1ccc(NC(=O)c2cc(-c3cccs3)nc3onc(C)c23)cc1. The van der Waals surface area contributed by atoms with E-state index in [2.05, 4.69) is 15.5 Å². The molecule has 3 aromatic heterocycles. The molecule has 0 bridgehead atoms. The number of hydrogen-bond acceptors (Lipinski definition) is 7. The number of rotatable bonds is 5. The van der Waals surface area contributed by atoms with Crippen molar-refractivity contribution in [3.05, 3.63) is 59.1 Å². The molecule has 0 spiro atoms. The van der Waals surface area contributed by atoms with Gasteiger partial charge in [-0.05, 0) is 48.7 Å². The molecule has 9 heteroatoms. The predicted octanol–water partition coefficient (Wildman–Crippen LogP) is 4.31. The van der Waals surface area contributed by atoms with Crippen molar-refractivity contribution in [1.29, 1.82) is 0 Å². The quantitative estimate of drug-likeness (QED) is 0.509. The summed E-state index contributed by atoms with van der Waals surface area (Å²) in [6, 6.07) is 11.6. The molecule has 0 saturated carbocycles. The molecule has 0 fully saturated rings. The molecule has 29 heavy (non-hydrogen) atoms. The molecule has 0 atom stereocenters. The maximum atomic E-state index is 13.0. The first-order chi connectivity index (χ1) is 13.9. The van der Waals surface area contributed by atoms with Crippen molar-refractivity contribution in [3.8, 4) is 10.6 Å². The van der Waals surface area contributed by atoms with Crippen LogP contribution < -0.4 is 5.32 Å². The van der Waals surface area contributed by atoms with Crippen LogP contribution in [0.15, 0.2) is 57.3 Å². The normalized spacial score (nSPS) is 11.7. The number of pyridine rings is 1. The smallest absolute Gasteiger partial charge is 0.259 e. The van der Waals surface area contributed by atoms with Crippen molar-refractivity contribution in [1.82, 2.24) is 10.1 Å². The van der Waals surface area contributed by atoms with Gasteiger partial charge in [0.1, 0.15) is 0 Å². The summed E-state index contributed by atoms with van der Waals surface area (Å²) in [5.74, 6) is -0.334. The first-order valence-electron chi connectivity index (χ1n) is 8.84. The van der Waals surface area contributed by atoms with Crippen LogP contribution in [0.1, 0.15) is 23.0 Å². The van der Waals surface area contributed by atoms with E-state index in [0.717, 1.165) is 4.88 Å². The molecule has 0 aliphatic carbocycles. The van der Waals surface area contributed by atoms with E-state index < -0.39 is 9.84 Å². The third-order valence-electron chi connectivity index (χ3n) is 4.49. The summed E-state index contributed by atoms with van der Waals surface area (Å²) in [5, 5.41) is 9.22. The monoisotopic (exact) mass is 427 g/mol. The Kier molecular flexibility index (Phi) is 4.93. The zero-order valence-electron chi connectivity index (χ0n) is 15.7. The number of benzene rings is 1. The highest BCUT2D eigenvalue weighted by Crippen LogP contribution is 2.30. The lowest BCUT2D eigenvalue weighted by Crippen LogP contribution is -2.13. The number of fused-ring (bicyclic) bond motifs is 1. The number of aromatic nitrogens is 2. The van der Waals surface area contributed by atoms with Gasteiger partial charge in [0, 0.05) is 5.69 Å². The summed E-state index contributed by atoms with van der Waals surface area (Å²) in [6.07, 6.45) is 0. The highest BCUT2D eigenvalue weighted by molar-refractivity contribution is 7.91. The second-order valence-corrected chi connectivity index (χ2v) is 9.59. The fourth-order valence-corrected chi connectivity index (χ4v) is 4.51. The van der Waals surface area contributed by atoms with Crippen LogP contribution in [-0.2, 0) is 9.84 Å². The van der Waals surface area contributed by atoms with E-state index in [9.17, 15) is 13.2 Å². The number of aryl methyl sites for hydroxylation is 1. The Hall–Kier alpha value is -3.04. The van der Waals surface area contributed by atoms with Gasteiger partial charge in [-0.2, -0.15) is 0 Å². The molecule has 148 valence electrons. The van der Waals surface area contributed by atoms with Crippen LogP contribution in [0.5, 0.6) is 0 Å². The zero-order chi connectivity index (χ0) is 20.6. The minimum Gasteiger partial charge on any atom is -0.335 e. The van der Waals surface area contributed by atoms with Crippen molar-refractivity contribution in [2.24, 2.45) is 0 Å². The lowest BCUT2D eigenvalue weighted by Gasteiger charge is -2.09. The summed E-state index contributed by atoms with van der Waals surface area (Å²) >= 11 is 1.51. The maximum Gasteiger partial charge on any atom is 0.259 e. The third-order valence-corrected chi connectivity index (χ3v) is 7.13. The summed E-state index contributed by atoms with van der Waals surface area (Å²) in [5.41, 5.74) is 2.37. The third kappa shape index (κ3) is 3.66. The number of nitrogens with one attached hydrogen (secondary N) is 1. The molecule has 4 rings (SSSR count). The predicted molar refractivity (Wildman–Crippen MR) is 112 cm³/mol.